The van der Waals surface area contributed by atoms with Crippen LogP contribution < -0.4 is 15.2 Å². The summed E-state index contributed by atoms with van der Waals surface area (Å²) in [5, 5.41) is 8.61. The average molecular weight is 451 g/mol. The number of benzene rings is 3. The number of carbonyl (C=O) groups excluding carboxylic acids is 1. The van der Waals surface area contributed by atoms with Crippen molar-refractivity contribution in [2.75, 3.05) is 5.32 Å². The molecule has 0 aliphatic rings. The highest BCUT2D eigenvalue weighted by Gasteiger charge is 2.19. The Kier molecular flexibility index (Phi) is 6.14. The maximum absolute atomic E-state index is 12.2. The number of ether oxygens (including phenoxy) is 1. The topological polar surface area (TPSA) is 98.5 Å². The van der Waals surface area contributed by atoms with Gasteiger partial charge in [0.1, 0.15) is 16.4 Å². The van der Waals surface area contributed by atoms with Crippen LogP contribution >= 0.6 is 23.2 Å². The van der Waals surface area contributed by atoms with Crippen molar-refractivity contribution in [3.63, 3.8) is 0 Å². The van der Waals surface area contributed by atoms with Crippen molar-refractivity contribution in [1.82, 2.24) is 0 Å². The first-order valence-corrected chi connectivity index (χ1v) is 10.6. The number of rotatable bonds is 5. The van der Waals surface area contributed by atoms with Crippen molar-refractivity contribution >= 4 is 44.8 Å². The van der Waals surface area contributed by atoms with Gasteiger partial charge >= 0.3 is 0 Å². The second-order valence-corrected chi connectivity index (χ2v) is 8.40. The first-order chi connectivity index (χ1) is 13.7. The summed E-state index contributed by atoms with van der Waals surface area (Å²) >= 11 is 12.5. The van der Waals surface area contributed by atoms with Crippen molar-refractivity contribution in [1.29, 1.82) is 0 Å². The molecule has 0 atom stereocenters. The molecule has 0 saturated carbocycles. The molecule has 29 heavy (non-hydrogen) atoms. The van der Waals surface area contributed by atoms with Crippen LogP contribution in [-0.4, -0.2) is 14.3 Å². The van der Waals surface area contributed by atoms with Crippen LogP contribution in [0.25, 0.3) is 11.1 Å². The summed E-state index contributed by atoms with van der Waals surface area (Å²) < 4.78 is 30.1. The highest BCUT2D eigenvalue weighted by atomic mass is 35.5. The van der Waals surface area contributed by atoms with Gasteiger partial charge in [-0.1, -0.05) is 53.5 Å². The predicted octanol–water partition coefficient (Wildman–Crippen LogP) is 5.06. The molecule has 3 aromatic rings. The molecular formula is C20H16Cl2N2O4S. The fourth-order valence-electron chi connectivity index (χ4n) is 2.67. The number of anilines is 1. The second kappa shape index (κ2) is 8.42. The highest BCUT2D eigenvalue weighted by Crippen LogP contribution is 2.38. The lowest BCUT2D eigenvalue weighted by Gasteiger charge is -2.14. The number of sulfonamides is 1. The van der Waals surface area contributed by atoms with Gasteiger partial charge in [-0.15, -0.1) is 0 Å². The zero-order chi connectivity index (χ0) is 21.2. The number of hydrogen-bond acceptors (Lipinski definition) is 4. The van der Waals surface area contributed by atoms with E-state index in [1.807, 2.05) is 0 Å². The second-order valence-electron chi connectivity index (χ2n) is 6.09. The first kappa shape index (κ1) is 21.1. The number of hydrogen-bond donors (Lipinski definition) is 2. The third-order valence-electron chi connectivity index (χ3n) is 3.93. The molecular weight excluding hydrogens is 435 g/mol. The van der Waals surface area contributed by atoms with Gasteiger partial charge in [-0.05, 0) is 35.9 Å². The summed E-state index contributed by atoms with van der Waals surface area (Å²) in [7, 11) is -4.12. The molecule has 0 radical (unpaired) electrons. The van der Waals surface area contributed by atoms with Gasteiger partial charge in [-0.2, -0.15) is 0 Å². The highest BCUT2D eigenvalue weighted by molar-refractivity contribution is 7.89. The Labute approximate surface area is 178 Å². The molecule has 0 unspecified atom stereocenters. The molecule has 1 amide bonds. The predicted molar refractivity (Wildman–Crippen MR) is 114 cm³/mol. The van der Waals surface area contributed by atoms with Gasteiger partial charge in [0.2, 0.25) is 15.9 Å². The summed E-state index contributed by atoms with van der Waals surface area (Å²) in [6.45, 7) is 1.36. The van der Waals surface area contributed by atoms with Crippen molar-refractivity contribution in [3.8, 4) is 22.6 Å². The van der Waals surface area contributed by atoms with Crippen LogP contribution in [0.2, 0.25) is 10.0 Å². The van der Waals surface area contributed by atoms with E-state index in [1.54, 1.807) is 48.5 Å². The van der Waals surface area contributed by atoms with Crippen LogP contribution in [0.4, 0.5) is 5.69 Å². The monoisotopic (exact) mass is 450 g/mol. The Bertz CT molecular complexity index is 1200. The molecule has 0 spiro atoms. The number of nitrogens with one attached hydrogen (secondary N) is 1. The quantitative estimate of drug-likeness (QED) is 0.567. The van der Waals surface area contributed by atoms with Crippen LogP contribution in [0.15, 0.2) is 65.6 Å². The molecule has 6 nitrogen and oxygen atoms in total. The molecule has 0 aromatic heterocycles. The van der Waals surface area contributed by atoms with Crippen molar-refractivity contribution in [3.05, 3.63) is 70.7 Å². The van der Waals surface area contributed by atoms with Gasteiger partial charge in [0.15, 0.2) is 0 Å². The van der Waals surface area contributed by atoms with Gasteiger partial charge in [0.25, 0.3) is 0 Å². The van der Waals surface area contributed by atoms with Crippen LogP contribution in [0.1, 0.15) is 6.92 Å². The summed E-state index contributed by atoms with van der Waals surface area (Å²) in [5.41, 5.74) is 1.41. The molecule has 9 heteroatoms. The summed E-state index contributed by atoms with van der Waals surface area (Å²) in [4.78, 5) is 11.1. The molecule has 0 bridgehead atoms. The van der Waals surface area contributed by atoms with Crippen LogP contribution in [-0.2, 0) is 14.8 Å². The van der Waals surface area contributed by atoms with Gasteiger partial charge in [0, 0.05) is 12.5 Å². The SMILES string of the molecule is CC(=O)Nc1cccc(-c2ccc(Oc3ccccc3Cl)c(S(N)(=O)=O)c2)c1Cl. The molecule has 3 aromatic carbocycles. The Morgan fingerprint density at radius 2 is 1.72 bits per heavy atom. The van der Waals surface area contributed by atoms with Gasteiger partial charge in [-0.3, -0.25) is 4.79 Å². The van der Waals surface area contributed by atoms with E-state index in [0.29, 0.717) is 21.8 Å². The molecule has 150 valence electrons. The smallest absolute Gasteiger partial charge is 0.241 e. The number of nitrogens with two attached hydrogens (primary N) is 1. The molecule has 0 fully saturated rings. The Morgan fingerprint density at radius 1 is 1.00 bits per heavy atom. The van der Waals surface area contributed by atoms with E-state index >= 15 is 0 Å². The van der Waals surface area contributed by atoms with E-state index in [2.05, 4.69) is 5.32 Å². The molecule has 0 heterocycles. The zero-order valence-corrected chi connectivity index (χ0v) is 17.5. The third kappa shape index (κ3) is 4.89. The molecule has 0 aliphatic heterocycles. The maximum atomic E-state index is 12.2. The van der Waals surface area contributed by atoms with E-state index in [4.69, 9.17) is 33.1 Å². The lowest BCUT2D eigenvalue weighted by Crippen LogP contribution is -2.13. The number of primary sulfonamides is 1. The third-order valence-corrected chi connectivity index (χ3v) is 5.58. The van der Waals surface area contributed by atoms with Crippen LogP contribution in [0.3, 0.4) is 0 Å². The van der Waals surface area contributed by atoms with Crippen molar-refractivity contribution in [2.45, 2.75) is 11.8 Å². The fraction of sp³-hybridized carbons (Fsp3) is 0.0500. The molecule has 0 aliphatic carbocycles. The number of amides is 1. The van der Waals surface area contributed by atoms with E-state index in [1.165, 1.54) is 19.1 Å². The number of halogens is 2. The average Bonchev–Trinajstić information content (AvgIpc) is 2.64. The number of para-hydroxylation sites is 1. The van der Waals surface area contributed by atoms with Gasteiger partial charge < -0.3 is 10.1 Å². The van der Waals surface area contributed by atoms with Crippen molar-refractivity contribution in [2.24, 2.45) is 5.14 Å². The minimum Gasteiger partial charge on any atom is -0.454 e. The van der Waals surface area contributed by atoms with Gasteiger partial charge in [0.05, 0.1) is 15.7 Å². The lowest BCUT2D eigenvalue weighted by atomic mass is 10.0. The largest absolute Gasteiger partial charge is 0.454 e. The summed E-state index contributed by atoms with van der Waals surface area (Å²) in [6, 6.07) is 16.2. The normalized spacial score (nSPS) is 11.2. The van der Waals surface area contributed by atoms with Crippen LogP contribution in [0.5, 0.6) is 11.5 Å². The standard InChI is InChI=1S/C20H16Cl2N2O4S/c1-12(25)24-16-7-4-5-14(20(16)22)13-9-10-18(19(11-13)29(23,26)27)28-17-8-3-2-6-15(17)21/h2-11H,1H3,(H,24,25)(H2,23,26,27). The van der Waals surface area contributed by atoms with E-state index in [0.717, 1.165) is 0 Å². The number of carbonyl (C=O) groups is 1. The maximum Gasteiger partial charge on any atom is 0.241 e. The minimum absolute atomic E-state index is 0.0264. The fourth-order valence-corrected chi connectivity index (χ4v) is 3.81. The lowest BCUT2D eigenvalue weighted by molar-refractivity contribution is -0.114. The Hall–Kier alpha value is -2.58. The van der Waals surface area contributed by atoms with Crippen LogP contribution in [0, 0.1) is 0 Å². The molecule has 0 saturated heterocycles. The zero-order valence-electron chi connectivity index (χ0n) is 15.1. The molecule has 3 rings (SSSR count). The minimum atomic E-state index is -4.12. The Morgan fingerprint density at radius 3 is 2.38 bits per heavy atom. The Balaban J connectivity index is 2.10. The summed E-state index contributed by atoms with van der Waals surface area (Å²) in [6.07, 6.45) is 0. The summed E-state index contributed by atoms with van der Waals surface area (Å²) in [5.74, 6) is 0.0359. The van der Waals surface area contributed by atoms with Gasteiger partial charge in [-0.25, -0.2) is 13.6 Å². The van der Waals surface area contributed by atoms with E-state index in [-0.39, 0.29) is 27.3 Å². The van der Waals surface area contributed by atoms with E-state index < -0.39 is 10.0 Å². The van der Waals surface area contributed by atoms with Crippen molar-refractivity contribution < 1.29 is 17.9 Å². The van der Waals surface area contributed by atoms with E-state index in [9.17, 15) is 13.2 Å². The first-order valence-electron chi connectivity index (χ1n) is 8.32. The molecule has 3 N–H and O–H groups in total.